The van der Waals surface area contributed by atoms with Crippen molar-refractivity contribution in [2.45, 2.75) is 142 Å². The van der Waals surface area contributed by atoms with Gasteiger partial charge in [0.2, 0.25) is 0 Å². The van der Waals surface area contributed by atoms with E-state index in [-0.39, 0.29) is 19.5 Å². The topological polar surface area (TPSA) is 32.3 Å². The molecule has 0 radical (unpaired) electrons. The van der Waals surface area contributed by atoms with Gasteiger partial charge in [-0.05, 0) is 42.9 Å². The quantitative estimate of drug-likeness (QED) is 0.0594. The van der Waals surface area contributed by atoms with Gasteiger partial charge in [-0.25, -0.2) is 0 Å². The molecule has 0 heterocycles. The zero-order chi connectivity index (χ0) is 24.2. The van der Waals surface area contributed by atoms with Gasteiger partial charge in [0.05, 0.1) is 0 Å². The number of unbranched alkanes of at least 4 members (excludes halogenated alkanes) is 16. The fraction of sp³-hybridized carbons (Fsp3) is 0.786. The molecule has 192 valence electrons. The minimum absolute atomic E-state index is 0. The van der Waals surface area contributed by atoms with Gasteiger partial charge in [-0.3, -0.25) is 0 Å². The van der Waals surface area contributed by atoms with Gasteiger partial charge in [0, 0.05) is 0 Å². The van der Waals surface area contributed by atoms with Crippen molar-refractivity contribution < 1.29 is 28.9 Å². The Balaban J connectivity index is 0.0000109. The van der Waals surface area contributed by atoms with Crippen LogP contribution in [-0.4, -0.2) is 0 Å². The monoisotopic (exact) mass is 576 g/mol. The van der Waals surface area contributed by atoms with Crippen molar-refractivity contribution in [1.29, 1.82) is 0 Å². The van der Waals surface area contributed by atoms with Crippen LogP contribution in [-0.2, 0) is 56.8 Å². The maximum absolute atomic E-state index is 12.0. The van der Waals surface area contributed by atoms with Crippen LogP contribution in [0.1, 0.15) is 141 Å². The summed E-state index contributed by atoms with van der Waals surface area (Å²) >= 11 is 9.81. The van der Waals surface area contributed by atoms with Crippen LogP contribution < -0.4 is 9.42 Å². The van der Waals surface area contributed by atoms with Crippen molar-refractivity contribution in [3.8, 4) is 5.75 Å². The van der Waals surface area contributed by atoms with E-state index in [2.05, 4.69) is 26.0 Å². The first-order valence-corrected chi connectivity index (χ1v) is 17.4. The zero-order valence-corrected chi connectivity index (χ0v) is 27.7. The number of hydrogen-bond acceptors (Lipinski definition) is 4. The Morgan fingerprint density at radius 1 is 0.647 bits per heavy atom. The van der Waals surface area contributed by atoms with Crippen LogP contribution in [0.3, 0.4) is 0 Å². The molecule has 0 spiro atoms. The van der Waals surface area contributed by atoms with E-state index in [1.807, 2.05) is 6.07 Å². The predicted octanol–water partition coefficient (Wildman–Crippen LogP) is 9.34. The van der Waals surface area contributed by atoms with Crippen LogP contribution in [0.5, 0.6) is 5.75 Å². The molecule has 34 heavy (non-hydrogen) atoms. The smallest absolute Gasteiger partial charge is 0.682 e. The molecular formula is C28H49O2PS2Zn. The Labute approximate surface area is 235 Å². The Morgan fingerprint density at radius 2 is 1.06 bits per heavy atom. The van der Waals surface area contributed by atoms with E-state index in [9.17, 15) is 4.89 Å². The molecule has 0 aliphatic heterocycles. The molecule has 6 heteroatoms. The summed E-state index contributed by atoms with van der Waals surface area (Å²) in [4.78, 5) is 12.0. The summed E-state index contributed by atoms with van der Waals surface area (Å²) < 4.78 is 5.58. The van der Waals surface area contributed by atoms with Crippen LogP contribution in [0, 0.1) is 0 Å². The Kier molecular flexibility index (Phi) is 23.4. The first-order valence-electron chi connectivity index (χ1n) is 13.8. The van der Waals surface area contributed by atoms with E-state index >= 15 is 0 Å². The molecule has 0 aliphatic carbocycles. The standard InChI is InChI=1S/C28H51O2PS2.Zn/c1-3-5-7-9-11-13-15-17-19-21-26-23-24-27(28(25-26)30-31(29,32)33)22-20-18-16-14-12-10-8-6-4-2;/h23-25H,3-22H2,1-2H3,(H2,29,32,33);/q;+2/p-2. The number of hydrogen-bond donors (Lipinski definition) is 0. The average molecular weight is 578 g/mol. The van der Waals surface area contributed by atoms with Gasteiger partial charge in [0.15, 0.2) is 5.75 Å². The second-order valence-corrected chi connectivity index (χ2v) is 14.3. The minimum atomic E-state index is -3.38. The first-order chi connectivity index (χ1) is 16.0. The molecule has 0 saturated heterocycles. The Hall–Kier alpha value is 0.733. The van der Waals surface area contributed by atoms with Crippen molar-refractivity contribution in [3.05, 3.63) is 29.3 Å². The summed E-state index contributed by atoms with van der Waals surface area (Å²) in [5.74, 6) is 0.663. The van der Waals surface area contributed by atoms with Gasteiger partial charge in [0.25, 0.3) is 0 Å². The summed E-state index contributed by atoms with van der Waals surface area (Å²) in [6, 6.07) is 6.39. The van der Waals surface area contributed by atoms with Crippen LogP contribution in [0.15, 0.2) is 18.2 Å². The van der Waals surface area contributed by atoms with Crippen LogP contribution in [0.25, 0.3) is 0 Å². The second-order valence-electron chi connectivity index (χ2n) is 9.64. The van der Waals surface area contributed by atoms with Gasteiger partial charge in [-0.2, -0.15) is 0 Å². The van der Waals surface area contributed by atoms with E-state index in [4.69, 9.17) is 29.0 Å². The van der Waals surface area contributed by atoms with Crippen molar-refractivity contribution in [3.63, 3.8) is 0 Å². The zero-order valence-electron chi connectivity index (χ0n) is 22.2. The molecule has 0 fully saturated rings. The van der Waals surface area contributed by atoms with E-state index in [1.54, 1.807) is 0 Å². The second kappa shape index (κ2) is 22.9. The molecule has 0 atom stereocenters. The maximum Gasteiger partial charge on any atom is 2.00 e. The average Bonchev–Trinajstić information content (AvgIpc) is 2.77. The molecule has 0 unspecified atom stereocenters. The first kappa shape index (κ1) is 34.7. The van der Waals surface area contributed by atoms with Crippen molar-refractivity contribution >= 4 is 30.6 Å². The molecular weight excluding hydrogens is 529 g/mol. The van der Waals surface area contributed by atoms with Gasteiger partial charge in [-0.1, -0.05) is 129 Å². The molecule has 0 saturated carbocycles. The summed E-state index contributed by atoms with van der Waals surface area (Å²) in [5, 5.41) is 0. The summed E-state index contributed by atoms with van der Waals surface area (Å²) in [6.45, 7) is 4.53. The summed E-state index contributed by atoms with van der Waals surface area (Å²) in [6.07, 6.45) is 22.3. The fourth-order valence-corrected chi connectivity index (χ4v) is 5.32. The minimum Gasteiger partial charge on any atom is -0.682 e. The maximum atomic E-state index is 12.0. The third-order valence-electron chi connectivity index (χ3n) is 6.46. The molecule has 1 aromatic carbocycles. The third-order valence-corrected chi connectivity index (χ3v) is 7.33. The predicted molar refractivity (Wildman–Crippen MR) is 151 cm³/mol. The van der Waals surface area contributed by atoms with Crippen LogP contribution in [0.2, 0.25) is 0 Å². The molecule has 0 aliphatic rings. The van der Waals surface area contributed by atoms with Gasteiger partial charge in [0.1, 0.15) is 0 Å². The molecule has 0 bridgehead atoms. The SMILES string of the molecule is CCCCCCCCCCCc1ccc(CCCCCCCCCCC)c(O[P+]([O-])([S-])[S-])c1.[Zn+2]. The van der Waals surface area contributed by atoms with Crippen molar-refractivity contribution in [2.24, 2.45) is 0 Å². The van der Waals surface area contributed by atoms with Gasteiger partial charge < -0.3 is 33.9 Å². The van der Waals surface area contributed by atoms with Gasteiger partial charge >= 0.3 is 19.5 Å². The van der Waals surface area contributed by atoms with Gasteiger partial charge in [-0.15, -0.1) is 6.12 Å². The molecule has 1 rings (SSSR count). The normalized spacial score (nSPS) is 11.4. The molecule has 0 amide bonds. The van der Waals surface area contributed by atoms with E-state index < -0.39 is 6.12 Å². The Morgan fingerprint density at radius 3 is 1.50 bits per heavy atom. The number of rotatable bonds is 22. The molecule has 0 N–H and O–H groups in total. The van der Waals surface area contributed by atoms with Crippen LogP contribution in [0.4, 0.5) is 0 Å². The Bertz CT molecular complexity index is 596. The molecule has 2 nitrogen and oxygen atoms in total. The van der Waals surface area contributed by atoms with Crippen molar-refractivity contribution in [1.82, 2.24) is 0 Å². The van der Waals surface area contributed by atoms with E-state index in [1.165, 1.54) is 115 Å². The fourth-order valence-electron chi connectivity index (χ4n) is 4.43. The molecule has 0 aromatic heterocycles. The number of benzene rings is 1. The largest absolute Gasteiger partial charge is 2.00 e. The van der Waals surface area contributed by atoms with E-state index in [0.717, 1.165) is 24.8 Å². The molecule has 1 aromatic rings. The van der Waals surface area contributed by atoms with Crippen LogP contribution >= 0.6 is 6.12 Å². The van der Waals surface area contributed by atoms with E-state index in [0.29, 0.717) is 5.75 Å². The third kappa shape index (κ3) is 19.9. The summed E-state index contributed by atoms with van der Waals surface area (Å²) in [5.41, 5.74) is 2.34. The summed E-state index contributed by atoms with van der Waals surface area (Å²) in [7, 11) is 0. The van der Waals surface area contributed by atoms with Crippen molar-refractivity contribution in [2.75, 3.05) is 0 Å². The number of aryl methyl sites for hydroxylation is 2.